The summed E-state index contributed by atoms with van der Waals surface area (Å²) in [4.78, 5) is 17.1. The molecule has 0 saturated carbocycles. The number of piperazine rings is 1. The quantitative estimate of drug-likeness (QED) is 0.343. The van der Waals surface area contributed by atoms with E-state index in [1.165, 1.54) is 61.1 Å². The minimum Gasteiger partial charge on any atom is -0.494 e. The summed E-state index contributed by atoms with van der Waals surface area (Å²) in [7, 11) is 3.70. The maximum atomic E-state index is 5.86. The van der Waals surface area contributed by atoms with Crippen LogP contribution in [0.15, 0.2) is 36.5 Å². The van der Waals surface area contributed by atoms with Crippen molar-refractivity contribution in [1.29, 1.82) is 0 Å². The van der Waals surface area contributed by atoms with E-state index in [4.69, 9.17) is 9.72 Å². The number of likely N-dealkylation sites (N-methyl/N-ethyl adjacent to an activating group) is 1. The Hall–Kier alpha value is -2.93. The molecule has 0 bridgehead atoms. The van der Waals surface area contributed by atoms with Gasteiger partial charge in [-0.25, -0.2) is 4.98 Å². The third-order valence-electron chi connectivity index (χ3n) is 8.48. The van der Waals surface area contributed by atoms with Crippen LogP contribution in [0.3, 0.4) is 0 Å². The molecule has 41 heavy (non-hydrogen) atoms. The van der Waals surface area contributed by atoms with Crippen LogP contribution in [0, 0.1) is 20.8 Å². The van der Waals surface area contributed by atoms with Gasteiger partial charge in [0.2, 0.25) is 5.95 Å². The van der Waals surface area contributed by atoms with Crippen LogP contribution in [0.25, 0.3) is 0 Å². The van der Waals surface area contributed by atoms with Crippen molar-refractivity contribution in [3.05, 3.63) is 53.2 Å². The molecule has 2 saturated heterocycles. The van der Waals surface area contributed by atoms with E-state index in [0.717, 1.165) is 41.6 Å². The van der Waals surface area contributed by atoms with E-state index in [2.05, 4.69) is 94.9 Å². The first-order valence-electron chi connectivity index (χ1n) is 14.7. The number of piperidine rings is 1. The number of hydrogen-bond donors (Lipinski definition) is 2. The molecule has 0 atom stereocenters. The topological polar surface area (TPSA) is 68.8 Å². The van der Waals surface area contributed by atoms with Crippen LogP contribution in [-0.2, 0) is 0 Å². The lowest BCUT2D eigenvalue weighted by Crippen LogP contribution is -2.52. The number of ether oxygens (including phenoxy) is 1. The summed E-state index contributed by atoms with van der Waals surface area (Å²) in [6.07, 6.45) is 4.28. The van der Waals surface area contributed by atoms with E-state index in [-0.39, 0.29) is 7.92 Å². The molecule has 9 heteroatoms. The van der Waals surface area contributed by atoms with Gasteiger partial charge in [-0.15, -0.1) is 0 Å². The van der Waals surface area contributed by atoms with Gasteiger partial charge in [0.05, 0.1) is 12.8 Å². The number of nitrogens with zero attached hydrogens (tertiary/aromatic N) is 5. The van der Waals surface area contributed by atoms with Crippen LogP contribution >= 0.6 is 7.92 Å². The first-order valence-corrected chi connectivity index (χ1v) is 17.0. The Kier molecular flexibility index (Phi) is 9.32. The molecule has 0 spiro atoms. The number of hydrogen-bond acceptors (Lipinski definition) is 8. The zero-order valence-electron chi connectivity index (χ0n) is 25.8. The van der Waals surface area contributed by atoms with Crippen LogP contribution in [-0.4, -0.2) is 92.6 Å². The number of nitrogens with one attached hydrogen (secondary N) is 2. The van der Waals surface area contributed by atoms with Crippen molar-refractivity contribution in [2.75, 3.05) is 82.3 Å². The van der Waals surface area contributed by atoms with Crippen molar-refractivity contribution < 1.29 is 4.74 Å². The Balaban J connectivity index is 1.30. The number of anilines is 5. The summed E-state index contributed by atoms with van der Waals surface area (Å²) < 4.78 is 5.86. The van der Waals surface area contributed by atoms with Gasteiger partial charge < -0.3 is 25.2 Å². The van der Waals surface area contributed by atoms with Crippen LogP contribution in [0.4, 0.5) is 28.8 Å². The van der Waals surface area contributed by atoms with E-state index in [1.807, 2.05) is 13.1 Å². The van der Waals surface area contributed by atoms with Gasteiger partial charge in [0, 0.05) is 74.5 Å². The molecular weight excluding hydrogens is 529 g/mol. The lowest BCUT2D eigenvalue weighted by molar-refractivity contribution is 0.0982. The Morgan fingerprint density at radius 3 is 2.29 bits per heavy atom. The lowest BCUT2D eigenvalue weighted by Gasteiger charge is -2.43. The Morgan fingerprint density at radius 2 is 1.61 bits per heavy atom. The van der Waals surface area contributed by atoms with Crippen molar-refractivity contribution >= 4 is 42.1 Å². The molecule has 5 rings (SSSR count). The molecule has 220 valence electrons. The van der Waals surface area contributed by atoms with Gasteiger partial charge in [-0.1, -0.05) is 19.6 Å². The molecule has 1 aromatic heterocycles. The largest absolute Gasteiger partial charge is 0.494 e. The fourth-order valence-corrected chi connectivity index (χ4v) is 7.01. The SMILES string of the molecule is COc1cc(N2CCC(N3CCN(C)CC3)CC2)c(C)cc1Nc1ncc(C)c(Nc2ccc(C)cc2P(C)C)n1. The molecule has 0 radical (unpaired) electrons. The summed E-state index contributed by atoms with van der Waals surface area (Å²) >= 11 is 0. The van der Waals surface area contributed by atoms with Crippen molar-refractivity contribution in [2.24, 2.45) is 0 Å². The fourth-order valence-electron chi connectivity index (χ4n) is 5.94. The summed E-state index contributed by atoms with van der Waals surface area (Å²) in [5.41, 5.74) is 6.72. The molecule has 0 unspecified atom stereocenters. The van der Waals surface area contributed by atoms with E-state index >= 15 is 0 Å². The highest BCUT2D eigenvalue weighted by Gasteiger charge is 2.27. The van der Waals surface area contributed by atoms with Crippen molar-refractivity contribution in [1.82, 2.24) is 19.8 Å². The fraction of sp³-hybridized carbons (Fsp3) is 0.500. The number of aryl methyl sites for hydroxylation is 3. The highest BCUT2D eigenvalue weighted by atomic mass is 31.1. The van der Waals surface area contributed by atoms with Gasteiger partial charge in [0.1, 0.15) is 11.6 Å². The minimum absolute atomic E-state index is 0.259. The average Bonchev–Trinajstić information content (AvgIpc) is 2.96. The van der Waals surface area contributed by atoms with Crippen LogP contribution in [0.1, 0.15) is 29.5 Å². The van der Waals surface area contributed by atoms with Crippen LogP contribution in [0.5, 0.6) is 5.75 Å². The van der Waals surface area contributed by atoms with Crippen molar-refractivity contribution in [3.63, 3.8) is 0 Å². The third-order valence-corrected chi connectivity index (χ3v) is 9.82. The maximum Gasteiger partial charge on any atom is 0.229 e. The predicted octanol–water partition coefficient (Wildman–Crippen LogP) is 5.48. The van der Waals surface area contributed by atoms with Gasteiger partial charge in [0.25, 0.3) is 0 Å². The van der Waals surface area contributed by atoms with Gasteiger partial charge >= 0.3 is 0 Å². The first kappa shape index (κ1) is 29.6. The van der Waals surface area contributed by atoms with E-state index in [9.17, 15) is 0 Å². The summed E-state index contributed by atoms with van der Waals surface area (Å²) in [5.74, 6) is 2.15. The second kappa shape index (κ2) is 12.9. The standard InChI is InChI=1S/C32H46N7OP/c1-22-8-9-26(30(18-22)41(6)7)34-31-24(3)21-33-32(36-31)35-27-19-23(2)28(20-29(27)40-5)39-12-10-25(11-13-39)38-16-14-37(4)15-17-38/h8-9,18-21,25H,10-17H2,1-7H3,(H2,33,34,35,36). The normalized spacial score (nSPS) is 17.2. The Morgan fingerprint density at radius 1 is 0.878 bits per heavy atom. The first-order chi connectivity index (χ1) is 19.7. The van der Waals surface area contributed by atoms with Gasteiger partial charge in [-0.3, -0.25) is 4.90 Å². The molecular formula is C32H46N7OP. The van der Waals surface area contributed by atoms with E-state index in [0.29, 0.717) is 12.0 Å². The van der Waals surface area contributed by atoms with Crippen LogP contribution < -0.4 is 25.6 Å². The van der Waals surface area contributed by atoms with E-state index in [1.54, 1.807) is 7.11 Å². The van der Waals surface area contributed by atoms with Crippen molar-refractivity contribution in [2.45, 2.75) is 39.7 Å². The lowest BCUT2D eigenvalue weighted by atomic mass is 10.0. The van der Waals surface area contributed by atoms with Gasteiger partial charge in [-0.2, -0.15) is 4.98 Å². The smallest absolute Gasteiger partial charge is 0.229 e. The zero-order chi connectivity index (χ0) is 29.1. The molecule has 2 aromatic carbocycles. The number of methoxy groups -OCH3 is 1. The van der Waals surface area contributed by atoms with E-state index < -0.39 is 0 Å². The highest BCUT2D eigenvalue weighted by Crippen LogP contribution is 2.36. The number of benzene rings is 2. The zero-order valence-corrected chi connectivity index (χ0v) is 26.7. The molecule has 8 nitrogen and oxygen atoms in total. The minimum atomic E-state index is -0.259. The number of aromatic nitrogens is 2. The molecule has 2 fully saturated rings. The second-order valence-corrected chi connectivity index (χ2v) is 14.1. The maximum absolute atomic E-state index is 5.86. The number of rotatable bonds is 8. The summed E-state index contributed by atoms with van der Waals surface area (Å²) in [6.45, 7) is 17.8. The molecule has 0 aliphatic carbocycles. The second-order valence-electron chi connectivity index (χ2n) is 11.8. The molecule has 2 N–H and O–H groups in total. The monoisotopic (exact) mass is 575 g/mol. The van der Waals surface area contributed by atoms with Gasteiger partial charge in [-0.05, 0) is 83.1 Å². The van der Waals surface area contributed by atoms with Crippen molar-refractivity contribution in [3.8, 4) is 5.75 Å². The Labute approximate surface area is 247 Å². The highest BCUT2D eigenvalue weighted by molar-refractivity contribution is 7.64. The molecule has 2 aliphatic heterocycles. The molecule has 3 heterocycles. The third kappa shape index (κ3) is 6.94. The molecule has 2 aliphatic rings. The predicted molar refractivity (Wildman–Crippen MR) is 175 cm³/mol. The summed E-state index contributed by atoms with van der Waals surface area (Å²) in [5, 5.41) is 8.35. The summed E-state index contributed by atoms with van der Waals surface area (Å²) in [6, 6.07) is 11.6. The van der Waals surface area contributed by atoms with Gasteiger partial charge in [0.15, 0.2) is 0 Å². The average molecular weight is 576 g/mol. The molecule has 0 amide bonds. The molecule has 3 aromatic rings. The Bertz CT molecular complexity index is 1350. The van der Waals surface area contributed by atoms with Crippen LogP contribution in [0.2, 0.25) is 0 Å².